The molecule has 3 aromatic carbocycles. The van der Waals surface area contributed by atoms with Crippen molar-refractivity contribution in [1.29, 1.82) is 0 Å². The normalized spacial score (nSPS) is 16.4. The van der Waals surface area contributed by atoms with Crippen molar-refractivity contribution in [2.75, 3.05) is 45.9 Å². The number of ether oxygens (including phenoxy) is 3. The molecule has 21 heteroatoms. The lowest BCUT2D eigenvalue weighted by Crippen LogP contribution is -2.47. The summed E-state index contributed by atoms with van der Waals surface area (Å²) in [6, 6.07) is 15.1. The maximum atomic E-state index is 14.4. The fourth-order valence-corrected chi connectivity index (χ4v) is 8.86. The number of aromatic hydroxyl groups is 1. The van der Waals surface area contributed by atoms with Crippen molar-refractivity contribution in [3.8, 4) is 45.0 Å². The molecule has 9 rings (SSSR count). The summed E-state index contributed by atoms with van der Waals surface area (Å²) in [7, 11) is 0. The number of hydrogen-bond acceptors (Lipinski definition) is 14. The number of nitrogens with zero attached hydrogens (tertiary/aromatic N) is 7. The predicted molar refractivity (Wildman–Crippen MR) is 229 cm³/mol. The lowest BCUT2D eigenvalue weighted by atomic mass is 9.97. The quantitative estimate of drug-likeness (QED) is 0.111. The average Bonchev–Trinajstić information content (AvgIpc) is 3.66. The second-order valence-corrected chi connectivity index (χ2v) is 16.7. The summed E-state index contributed by atoms with van der Waals surface area (Å²) in [5.41, 5.74) is 2.64. The Hall–Kier alpha value is -6.19. The van der Waals surface area contributed by atoms with Crippen LogP contribution in [0.5, 0.6) is 23.4 Å². The number of amides is 1. The summed E-state index contributed by atoms with van der Waals surface area (Å²) in [5.74, 6) is -2.42. The number of phenols is 1. The minimum absolute atomic E-state index is 0.00806. The van der Waals surface area contributed by atoms with Crippen LogP contribution in [-0.4, -0.2) is 120 Å². The molecule has 1 fully saturated rings. The third-order valence-corrected chi connectivity index (χ3v) is 12.4. The molecular weight excluding hydrogens is 898 g/mol. The Balaban J connectivity index is 1.21. The number of carbonyl (C=O) groups excluding carboxylic acids is 1. The first-order valence-electron chi connectivity index (χ1n) is 20.3. The first kappa shape index (κ1) is 45.4. The molecule has 3 aliphatic rings. The predicted octanol–water partition coefficient (Wildman–Crippen LogP) is 7.19. The fourth-order valence-electron chi connectivity index (χ4n) is 7.49. The molecule has 340 valence electrons. The van der Waals surface area contributed by atoms with Crippen LogP contribution >= 0.6 is 22.9 Å². The maximum absolute atomic E-state index is 14.4. The number of hydrogen-bond donors (Lipinski definition) is 3. The van der Waals surface area contributed by atoms with Crippen LogP contribution in [0.15, 0.2) is 73.2 Å². The van der Waals surface area contributed by atoms with Gasteiger partial charge >= 0.3 is 18.2 Å². The van der Waals surface area contributed by atoms with Gasteiger partial charge in [-0.3, -0.25) is 9.69 Å². The summed E-state index contributed by atoms with van der Waals surface area (Å²) in [6.45, 7) is 1.85. The molecule has 15 nitrogen and oxygen atoms in total. The number of halogens is 5. The molecule has 6 aromatic rings. The molecule has 3 aromatic heterocycles. The number of aliphatic carboxylic acids is 1. The van der Waals surface area contributed by atoms with E-state index in [2.05, 4.69) is 24.8 Å². The van der Waals surface area contributed by atoms with Gasteiger partial charge in [0.1, 0.15) is 41.7 Å². The Morgan fingerprint density at radius 1 is 0.969 bits per heavy atom. The molecule has 65 heavy (non-hydrogen) atoms. The molecule has 3 N–H and O–H groups in total. The molecule has 1 atom stereocenters. The Labute approximate surface area is 377 Å². The van der Waals surface area contributed by atoms with Crippen LogP contribution in [-0.2, 0) is 35.6 Å². The van der Waals surface area contributed by atoms with Crippen molar-refractivity contribution in [3.63, 3.8) is 0 Å². The van der Waals surface area contributed by atoms with Crippen LogP contribution in [0.4, 0.5) is 17.6 Å². The molecule has 1 amide bonds. The molecule has 6 heterocycles. The molecule has 0 saturated carbocycles. The highest BCUT2D eigenvalue weighted by Gasteiger charge is 2.31. The Morgan fingerprint density at radius 2 is 1.75 bits per heavy atom. The van der Waals surface area contributed by atoms with Crippen LogP contribution in [0.1, 0.15) is 28.8 Å². The third kappa shape index (κ3) is 10.9. The Kier molecular flexibility index (Phi) is 13.6. The Bertz CT molecular complexity index is 2700. The van der Waals surface area contributed by atoms with Gasteiger partial charge in [-0.25, -0.2) is 24.1 Å². The highest BCUT2D eigenvalue weighted by molar-refractivity contribution is 7.22. The molecule has 0 spiro atoms. The van der Waals surface area contributed by atoms with Crippen molar-refractivity contribution >= 4 is 45.0 Å². The number of aromatic nitrogens is 4. The van der Waals surface area contributed by atoms with Gasteiger partial charge in [0.15, 0.2) is 0 Å². The SMILES string of the molecule is O=C(O)[C@H]1Cc2cc(ccc2OCc2ccnc(OCCC(F)(F)F)n2)CC(=O)N(CCN2CCN(O)CC2)Cc2ccc(c(O)c2Cl)-c2c(-c3ccc(F)cc3)sc3ncnc(c23)O1. The number of hydroxylamine groups is 2. The molecule has 3 aliphatic heterocycles. The lowest BCUT2D eigenvalue weighted by Gasteiger charge is -2.33. The highest BCUT2D eigenvalue weighted by Crippen LogP contribution is 2.51. The number of fused-ring (bicyclic) bond motifs is 7. The van der Waals surface area contributed by atoms with Crippen LogP contribution < -0.4 is 14.2 Å². The number of carboxylic acid groups (broad SMARTS) is 1. The third-order valence-electron chi connectivity index (χ3n) is 10.9. The van der Waals surface area contributed by atoms with Gasteiger partial charge in [-0.2, -0.15) is 23.2 Å². The van der Waals surface area contributed by atoms with E-state index in [0.717, 1.165) is 0 Å². The fraction of sp³-hybridized carbons (Fsp3) is 0.318. The topological polar surface area (TPSA) is 184 Å². The largest absolute Gasteiger partial charge is 0.506 e. The molecule has 0 aliphatic carbocycles. The lowest BCUT2D eigenvalue weighted by molar-refractivity contribution is -0.145. The second kappa shape index (κ2) is 19.5. The van der Waals surface area contributed by atoms with Crippen molar-refractivity contribution in [1.82, 2.24) is 34.8 Å². The molecule has 0 unspecified atom stereocenters. The van der Waals surface area contributed by atoms with E-state index in [4.69, 9.17) is 25.8 Å². The van der Waals surface area contributed by atoms with Crippen LogP contribution in [0, 0.1) is 5.82 Å². The van der Waals surface area contributed by atoms with E-state index in [1.54, 1.807) is 47.4 Å². The van der Waals surface area contributed by atoms with E-state index in [1.807, 2.05) is 0 Å². The number of benzene rings is 3. The van der Waals surface area contributed by atoms with Gasteiger partial charge in [0.2, 0.25) is 17.9 Å². The van der Waals surface area contributed by atoms with Crippen molar-refractivity contribution < 1.29 is 56.8 Å². The van der Waals surface area contributed by atoms with Crippen molar-refractivity contribution in [3.05, 3.63) is 106 Å². The van der Waals surface area contributed by atoms with E-state index in [-0.39, 0.29) is 83.5 Å². The van der Waals surface area contributed by atoms with Gasteiger partial charge in [0.05, 0.1) is 28.9 Å². The molecule has 4 bridgehead atoms. The number of phenolic OH excluding ortho intramolecular Hbond substituents is 1. The van der Waals surface area contributed by atoms with Gasteiger partial charge < -0.3 is 34.5 Å². The van der Waals surface area contributed by atoms with E-state index in [0.29, 0.717) is 70.2 Å². The minimum atomic E-state index is -4.43. The number of carboxylic acids is 1. The molecule has 0 radical (unpaired) electrons. The van der Waals surface area contributed by atoms with E-state index >= 15 is 0 Å². The van der Waals surface area contributed by atoms with Crippen molar-refractivity contribution in [2.45, 2.75) is 44.7 Å². The number of piperazine rings is 1. The zero-order valence-corrected chi connectivity index (χ0v) is 35.9. The highest BCUT2D eigenvalue weighted by atomic mass is 35.5. The maximum Gasteiger partial charge on any atom is 0.392 e. The smallest absolute Gasteiger partial charge is 0.392 e. The number of alkyl halides is 3. The van der Waals surface area contributed by atoms with Gasteiger partial charge in [-0.15, -0.1) is 11.3 Å². The number of rotatable bonds is 11. The minimum Gasteiger partial charge on any atom is -0.506 e. The second-order valence-electron chi connectivity index (χ2n) is 15.3. The standard InChI is InChI=1S/C44H40ClF4N7O8S/c45-37-27-4-7-31(38(37)58)35-36-40(51-24-52-41(36)65-39(35)26-2-5-29(46)6-3-26)64-33(42(59)60)21-28-19-25(20-34(57)55(22-27)15-12-54-13-16-56(61)17-14-54)1-8-32(28)63-23-30-9-11-50-43(53-30)62-18-10-44(47,48)49/h1-9,11,19,24,33,58,61H,10,12-18,20-23H2,(H,59,60)/t33-/m1/s1. The monoisotopic (exact) mass is 937 g/mol. The first-order chi connectivity index (χ1) is 31.2. The summed E-state index contributed by atoms with van der Waals surface area (Å²) in [6.07, 6.45) is -5.19. The van der Waals surface area contributed by atoms with Crippen LogP contribution in [0.25, 0.3) is 31.8 Å². The number of thiophene rings is 1. The van der Waals surface area contributed by atoms with Crippen LogP contribution in [0.2, 0.25) is 5.02 Å². The van der Waals surface area contributed by atoms with Crippen molar-refractivity contribution in [2.24, 2.45) is 0 Å². The van der Waals surface area contributed by atoms with Gasteiger partial charge in [0, 0.05) is 74.4 Å². The van der Waals surface area contributed by atoms with E-state index < -0.39 is 37.1 Å². The molecule has 1 saturated heterocycles. The summed E-state index contributed by atoms with van der Waals surface area (Å²) in [5, 5.41) is 34.0. The molecular formula is C44H40ClF4N7O8S. The van der Waals surface area contributed by atoms with Gasteiger partial charge in [0.25, 0.3) is 0 Å². The van der Waals surface area contributed by atoms with Gasteiger partial charge in [-0.05, 0) is 46.5 Å². The average molecular weight is 938 g/mol. The van der Waals surface area contributed by atoms with E-state index in [1.165, 1.54) is 47.1 Å². The zero-order valence-electron chi connectivity index (χ0n) is 34.3. The summed E-state index contributed by atoms with van der Waals surface area (Å²) < 4.78 is 69.9. The summed E-state index contributed by atoms with van der Waals surface area (Å²) >= 11 is 8.17. The first-order valence-corrected chi connectivity index (χ1v) is 21.5. The number of carbonyl (C=O) groups is 2. The zero-order chi connectivity index (χ0) is 45.8. The van der Waals surface area contributed by atoms with Gasteiger partial charge in [-0.1, -0.05) is 48.0 Å². The summed E-state index contributed by atoms with van der Waals surface area (Å²) in [4.78, 5) is 49.0. The Morgan fingerprint density at radius 3 is 2.51 bits per heavy atom. The van der Waals surface area contributed by atoms with Crippen LogP contribution in [0.3, 0.4) is 0 Å². The van der Waals surface area contributed by atoms with E-state index in [9.17, 15) is 42.6 Å².